The highest BCUT2D eigenvalue weighted by Crippen LogP contribution is 2.26. The third-order valence-electron chi connectivity index (χ3n) is 5.23. The number of alkyl halides is 5. The summed E-state index contributed by atoms with van der Waals surface area (Å²) >= 11 is 5.87. The maximum atomic E-state index is 13.1. The molecule has 206 valence electrons. The van der Waals surface area contributed by atoms with E-state index in [-0.39, 0.29) is 28.6 Å². The normalized spacial score (nSPS) is 12.6. The maximum absolute atomic E-state index is 13.1. The van der Waals surface area contributed by atoms with E-state index in [2.05, 4.69) is 19.9 Å². The quantitative estimate of drug-likeness (QED) is 0.293. The summed E-state index contributed by atoms with van der Waals surface area (Å²) in [5, 5.41) is 18.0. The molecule has 0 fully saturated rings. The van der Waals surface area contributed by atoms with Gasteiger partial charge in [0, 0.05) is 10.6 Å². The number of halogens is 6. The summed E-state index contributed by atoms with van der Waals surface area (Å²) in [6.45, 7) is -4.95. The molecule has 0 saturated heterocycles. The number of hydrogen-bond donors (Lipinski definition) is 2. The van der Waals surface area contributed by atoms with Gasteiger partial charge in [-0.1, -0.05) is 23.7 Å². The first-order valence-electron chi connectivity index (χ1n) is 10.8. The number of carbonyl (C=O) groups excluding carboxylic acids is 1. The number of hydrogen-bond acceptors (Lipinski definition) is 7. The van der Waals surface area contributed by atoms with E-state index < -0.39 is 49.4 Å². The van der Waals surface area contributed by atoms with Crippen LogP contribution in [0, 0.1) is 0 Å². The second-order valence-corrected chi connectivity index (χ2v) is 8.35. The van der Waals surface area contributed by atoms with Crippen LogP contribution in [0.1, 0.15) is 16.4 Å². The molecule has 17 heteroatoms. The Morgan fingerprint density at radius 1 is 1.10 bits per heavy atom. The van der Waals surface area contributed by atoms with Gasteiger partial charge in [0.2, 0.25) is 5.82 Å². The summed E-state index contributed by atoms with van der Waals surface area (Å²) in [5.41, 5.74) is 4.38. The van der Waals surface area contributed by atoms with E-state index in [1.165, 1.54) is 48.5 Å². The van der Waals surface area contributed by atoms with E-state index in [1.807, 2.05) is 0 Å². The molecule has 2 heterocycles. The molecule has 39 heavy (non-hydrogen) atoms. The fraction of sp³-hybridized carbons (Fsp3) is 0.227. The number of benzene rings is 2. The lowest BCUT2D eigenvalue weighted by atomic mass is 10.2. The van der Waals surface area contributed by atoms with Gasteiger partial charge in [0.15, 0.2) is 23.5 Å². The molecule has 4 rings (SSSR count). The average Bonchev–Trinajstić information content (AvgIpc) is 3.41. The summed E-state index contributed by atoms with van der Waals surface area (Å²) in [4.78, 5) is 29.0. The Labute approximate surface area is 219 Å². The first-order chi connectivity index (χ1) is 18.3. The van der Waals surface area contributed by atoms with E-state index >= 15 is 0 Å². The zero-order chi connectivity index (χ0) is 28.5. The molecule has 0 aliphatic carbocycles. The first-order valence-corrected chi connectivity index (χ1v) is 11.2. The van der Waals surface area contributed by atoms with Crippen molar-refractivity contribution in [2.45, 2.75) is 32.0 Å². The highest BCUT2D eigenvalue weighted by atomic mass is 35.5. The predicted octanol–water partition coefficient (Wildman–Crippen LogP) is 2.62. The number of nitrogens with zero attached hydrogens (tertiary/aromatic N) is 6. The van der Waals surface area contributed by atoms with Gasteiger partial charge in [0.25, 0.3) is 5.91 Å². The Balaban J connectivity index is 1.78. The number of para-hydroxylation sites is 2. The summed E-state index contributed by atoms with van der Waals surface area (Å²) in [7, 11) is 0. The molecule has 4 aromatic rings. The van der Waals surface area contributed by atoms with Crippen molar-refractivity contribution < 1.29 is 36.6 Å². The number of amides is 1. The molecule has 0 spiro atoms. The van der Waals surface area contributed by atoms with Gasteiger partial charge in [-0.15, -0.1) is 10.2 Å². The number of aliphatic hydroxyl groups excluding tert-OH is 1. The van der Waals surface area contributed by atoms with Crippen molar-refractivity contribution in [1.29, 1.82) is 0 Å². The fourth-order valence-electron chi connectivity index (χ4n) is 3.51. The molecule has 0 aliphatic heterocycles. The lowest BCUT2D eigenvalue weighted by molar-refractivity contribution is -0.207. The molecular weight excluding hydrogens is 557 g/mol. The lowest BCUT2D eigenvalue weighted by Gasteiger charge is -2.15. The minimum absolute atomic E-state index is 0.127. The minimum Gasteiger partial charge on any atom is -0.433 e. The zero-order valence-corrected chi connectivity index (χ0v) is 20.1. The van der Waals surface area contributed by atoms with Gasteiger partial charge in [-0.25, -0.2) is 19.1 Å². The van der Waals surface area contributed by atoms with Crippen molar-refractivity contribution in [2.75, 3.05) is 0 Å². The number of nitrogens with two attached hydrogens (primary N) is 1. The van der Waals surface area contributed by atoms with Gasteiger partial charge < -0.3 is 15.6 Å². The average molecular weight is 574 g/mol. The lowest BCUT2D eigenvalue weighted by Crippen LogP contribution is -2.37. The summed E-state index contributed by atoms with van der Waals surface area (Å²) < 4.78 is 71.6. The van der Waals surface area contributed by atoms with Gasteiger partial charge in [-0.05, 0) is 36.4 Å². The Morgan fingerprint density at radius 2 is 1.77 bits per heavy atom. The molecular formula is C22H17ClF5N7O4. The molecule has 11 nitrogen and oxygen atoms in total. The van der Waals surface area contributed by atoms with E-state index in [0.29, 0.717) is 14.3 Å². The number of primary amides is 1. The van der Waals surface area contributed by atoms with Gasteiger partial charge >= 0.3 is 18.5 Å². The number of carbonyl (C=O) groups is 1. The van der Waals surface area contributed by atoms with Crippen LogP contribution in [-0.2, 0) is 13.1 Å². The molecule has 0 saturated carbocycles. The van der Waals surface area contributed by atoms with Gasteiger partial charge in [-0.2, -0.15) is 22.0 Å². The van der Waals surface area contributed by atoms with Crippen molar-refractivity contribution in [3.05, 3.63) is 75.7 Å². The molecule has 1 atom stereocenters. The first kappa shape index (κ1) is 27.7. The summed E-state index contributed by atoms with van der Waals surface area (Å²) in [5.74, 6) is -2.47. The van der Waals surface area contributed by atoms with Gasteiger partial charge in [-0.3, -0.25) is 9.36 Å². The van der Waals surface area contributed by atoms with Crippen molar-refractivity contribution in [3.8, 4) is 22.8 Å². The van der Waals surface area contributed by atoms with Crippen LogP contribution in [0.4, 0.5) is 22.0 Å². The van der Waals surface area contributed by atoms with Crippen LogP contribution < -0.4 is 16.2 Å². The van der Waals surface area contributed by atoms with Crippen molar-refractivity contribution in [2.24, 2.45) is 5.73 Å². The van der Waals surface area contributed by atoms with E-state index in [0.717, 1.165) is 4.68 Å². The number of rotatable bonds is 9. The molecule has 0 bridgehead atoms. The van der Waals surface area contributed by atoms with Crippen molar-refractivity contribution in [1.82, 2.24) is 29.1 Å². The largest absolute Gasteiger partial charge is 0.433 e. The molecule has 3 N–H and O–H groups in total. The van der Waals surface area contributed by atoms with Crippen LogP contribution >= 0.6 is 11.6 Å². The van der Waals surface area contributed by atoms with Crippen LogP contribution in [0.25, 0.3) is 17.1 Å². The monoisotopic (exact) mass is 573 g/mol. The maximum Gasteiger partial charge on any atom is 0.416 e. The predicted molar refractivity (Wildman–Crippen MR) is 125 cm³/mol. The molecule has 0 aliphatic rings. The second kappa shape index (κ2) is 10.8. The molecule has 0 radical (unpaired) electrons. The number of ether oxygens (including phenoxy) is 1. The number of aliphatic hydroxyl groups is 1. The molecule has 2 aromatic heterocycles. The van der Waals surface area contributed by atoms with Crippen molar-refractivity contribution in [3.63, 3.8) is 0 Å². The second-order valence-electron chi connectivity index (χ2n) is 7.91. The number of aromatic nitrogens is 6. The van der Waals surface area contributed by atoms with Crippen molar-refractivity contribution >= 4 is 17.5 Å². The fourth-order valence-corrected chi connectivity index (χ4v) is 3.63. The Hall–Kier alpha value is -4.31. The highest BCUT2D eigenvalue weighted by molar-refractivity contribution is 6.30. The smallest absolute Gasteiger partial charge is 0.416 e. The van der Waals surface area contributed by atoms with Crippen LogP contribution in [0.5, 0.6) is 5.75 Å². The van der Waals surface area contributed by atoms with E-state index in [1.54, 1.807) is 0 Å². The zero-order valence-electron chi connectivity index (χ0n) is 19.4. The Bertz CT molecular complexity index is 1550. The van der Waals surface area contributed by atoms with Crippen LogP contribution in [0.3, 0.4) is 0 Å². The molecule has 1 unspecified atom stereocenters. The molecule has 1 amide bonds. The minimum atomic E-state index is -5.02. The molecule has 2 aromatic carbocycles. The van der Waals surface area contributed by atoms with Crippen LogP contribution in [0.15, 0.2) is 53.3 Å². The summed E-state index contributed by atoms with van der Waals surface area (Å²) in [6.07, 6.45) is -7.91. The topological polar surface area (TPSA) is 143 Å². The van der Waals surface area contributed by atoms with Gasteiger partial charge in [0.1, 0.15) is 12.2 Å². The SMILES string of the molecule is NC(=O)c1nc(Cn2nc(-c3ccc(Cl)cc3)n(CC(O)C(F)(F)F)c2=O)nn1-c1ccccc1OC(F)F. The van der Waals surface area contributed by atoms with Crippen LogP contribution in [0.2, 0.25) is 5.02 Å². The Kier molecular flexibility index (Phi) is 7.69. The van der Waals surface area contributed by atoms with Crippen LogP contribution in [-0.4, -0.2) is 59.0 Å². The standard InChI is InChI=1S/C22H17ClF5N7O4/c23-12-7-5-11(6-8-12)18-32-34(21(38)33(18)9-15(36)22(26,27)28)10-16-30-19(17(29)37)35(31-16)13-3-1-2-4-14(13)39-20(24)25/h1-8,15,20,36H,9-10H2,(H2,29,37). The summed E-state index contributed by atoms with van der Waals surface area (Å²) in [6, 6.07) is 11.0. The third kappa shape index (κ3) is 6.06. The highest BCUT2D eigenvalue weighted by Gasteiger charge is 2.39. The van der Waals surface area contributed by atoms with Gasteiger partial charge in [0.05, 0.1) is 6.54 Å². The third-order valence-corrected chi connectivity index (χ3v) is 5.48. The van der Waals surface area contributed by atoms with E-state index in [9.17, 15) is 36.6 Å². The Morgan fingerprint density at radius 3 is 2.38 bits per heavy atom. The van der Waals surface area contributed by atoms with E-state index in [4.69, 9.17) is 17.3 Å².